The van der Waals surface area contributed by atoms with Gasteiger partial charge in [0.25, 0.3) is 0 Å². The van der Waals surface area contributed by atoms with Crippen LogP contribution >= 0.6 is 11.3 Å². The molecule has 0 saturated carbocycles. The van der Waals surface area contributed by atoms with Crippen molar-refractivity contribution in [1.82, 2.24) is 4.98 Å². The molecule has 16 heavy (non-hydrogen) atoms. The predicted molar refractivity (Wildman–Crippen MR) is 71.8 cm³/mol. The highest BCUT2D eigenvalue weighted by atomic mass is 32.1. The smallest absolute Gasteiger partial charge is 0.0897 e. The second-order valence-corrected chi connectivity index (χ2v) is 5.63. The van der Waals surface area contributed by atoms with Crippen LogP contribution in [0.5, 0.6) is 0 Å². The molecule has 0 fully saturated rings. The highest BCUT2D eigenvalue weighted by Crippen LogP contribution is 2.20. The molecule has 1 aromatic rings. The van der Waals surface area contributed by atoms with E-state index in [1.54, 1.807) is 11.3 Å². The molecule has 1 atom stereocenters. The number of aromatic nitrogens is 1. The largest absolute Gasteiger partial charge is 0.327 e. The van der Waals surface area contributed by atoms with Crippen molar-refractivity contribution in [1.29, 1.82) is 0 Å². The van der Waals surface area contributed by atoms with Crippen LogP contribution in [0.15, 0.2) is 5.38 Å². The molecule has 0 saturated heterocycles. The predicted octanol–water partition coefficient (Wildman–Crippen LogP) is 3.54. The third kappa shape index (κ3) is 4.22. The molecule has 2 N–H and O–H groups in total. The number of aryl methyl sites for hydroxylation is 1. The first-order valence-corrected chi connectivity index (χ1v) is 7.21. The maximum atomic E-state index is 6.30. The van der Waals surface area contributed by atoms with Gasteiger partial charge in [-0.15, -0.1) is 11.3 Å². The Balaban J connectivity index is 2.50. The average molecular weight is 240 g/mol. The van der Waals surface area contributed by atoms with Gasteiger partial charge < -0.3 is 5.73 Å². The summed E-state index contributed by atoms with van der Waals surface area (Å²) < 4.78 is 0. The lowest BCUT2D eigenvalue weighted by molar-refractivity contribution is 0.358. The quantitative estimate of drug-likeness (QED) is 0.791. The van der Waals surface area contributed by atoms with Gasteiger partial charge in [-0.25, -0.2) is 4.98 Å². The van der Waals surface area contributed by atoms with Gasteiger partial charge in [-0.05, 0) is 25.7 Å². The van der Waals surface area contributed by atoms with Gasteiger partial charge in [0.05, 0.1) is 10.7 Å². The number of nitrogens with zero attached hydrogens (tertiary/aromatic N) is 1. The van der Waals surface area contributed by atoms with E-state index in [0.717, 1.165) is 11.4 Å². The van der Waals surface area contributed by atoms with Crippen molar-refractivity contribution < 1.29 is 0 Å². The van der Waals surface area contributed by atoms with E-state index in [1.807, 2.05) is 0 Å². The normalized spacial score (nSPS) is 13.3. The standard InChI is InChI=1S/C13H24N2S/c1-4-6-11(7-5-2)13(14)8-12-9-16-10(3)15-12/h9,11,13H,4-8,14H2,1-3H3. The van der Waals surface area contributed by atoms with Crippen molar-refractivity contribution in [2.75, 3.05) is 0 Å². The minimum atomic E-state index is 0.279. The van der Waals surface area contributed by atoms with Crippen LogP contribution in [0, 0.1) is 12.8 Å². The van der Waals surface area contributed by atoms with Gasteiger partial charge in [0.1, 0.15) is 0 Å². The molecular weight excluding hydrogens is 216 g/mol. The van der Waals surface area contributed by atoms with Crippen LogP contribution < -0.4 is 5.73 Å². The zero-order valence-electron chi connectivity index (χ0n) is 10.7. The van der Waals surface area contributed by atoms with Crippen molar-refractivity contribution in [3.8, 4) is 0 Å². The third-order valence-electron chi connectivity index (χ3n) is 3.04. The van der Waals surface area contributed by atoms with Gasteiger partial charge in [-0.2, -0.15) is 0 Å². The van der Waals surface area contributed by atoms with Crippen molar-refractivity contribution in [2.24, 2.45) is 11.7 Å². The van der Waals surface area contributed by atoms with Gasteiger partial charge in [-0.3, -0.25) is 0 Å². The Morgan fingerprint density at radius 2 is 1.94 bits per heavy atom. The number of thiazole rings is 1. The molecule has 0 radical (unpaired) electrons. The highest BCUT2D eigenvalue weighted by molar-refractivity contribution is 7.09. The molecule has 0 bridgehead atoms. The van der Waals surface area contributed by atoms with E-state index >= 15 is 0 Å². The molecule has 1 aromatic heterocycles. The molecule has 1 rings (SSSR count). The van der Waals surface area contributed by atoms with E-state index in [9.17, 15) is 0 Å². The Labute approximate surface area is 103 Å². The zero-order chi connectivity index (χ0) is 12.0. The fourth-order valence-electron chi connectivity index (χ4n) is 2.22. The maximum Gasteiger partial charge on any atom is 0.0897 e. The summed E-state index contributed by atoms with van der Waals surface area (Å²) in [6, 6.07) is 0.279. The van der Waals surface area contributed by atoms with Gasteiger partial charge in [0.15, 0.2) is 0 Å². The first-order valence-electron chi connectivity index (χ1n) is 6.33. The van der Waals surface area contributed by atoms with Crippen LogP contribution in [0.2, 0.25) is 0 Å². The van der Waals surface area contributed by atoms with Crippen LogP contribution in [0.25, 0.3) is 0 Å². The summed E-state index contributed by atoms with van der Waals surface area (Å²) in [4.78, 5) is 4.49. The summed E-state index contributed by atoms with van der Waals surface area (Å²) in [5.41, 5.74) is 7.47. The Bertz CT molecular complexity index is 290. The van der Waals surface area contributed by atoms with E-state index in [1.165, 1.54) is 31.4 Å². The SMILES string of the molecule is CCCC(CCC)C(N)Cc1csc(C)n1. The third-order valence-corrected chi connectivity index (χ3v) is 3.86. The summed E-state index contributed by atoms with van der Waals surface area (Å²) in [5.74, 6) is 0.664. The van der Waals surface area contributed by atoms with E-state index in [0.29, 0.717) is 5.92 Å². The molecule has 0 amide bonds. The fraction of sp³-hybridized carbons (Fsp3) is 0.769. The van der Waals surface area contributed by atoms with Gasteiger partial charge >= 0.3 is 0 Å². The van der Waals surface area contributed by atoms with Crippen LogP contribution in [-0.4, -0.2) is 11.0 Å². The number of hydrogen-bond donors (Lipinski definition) is 1. The Morgan fingerprint density at radius 1 is 1.31 bits per heavy atom. The van der Waals surface area contributed by atoms with Gasteiger partial charge in [-0.1, -0.05) is 26.7 Å². The Morgan fingerprint density at radius 3 is 2.38 bits per heavy atom. The van der Waals surface area contributed by atoms with Crippen molar-refractivity contribution in [3.63, 3.8) is 0 Å². The number of nitrogens with two attached hydrogens (primary N) is 1. The number of rotatable bonds is 7. The highest BCUT2D eigenvalue weighted by Gasteiger charge is 2.17. The molecule has 2 nitrogen and oxygen atoms in total. The molecular formula is C13H24N2S. The Hall–Kier alpha value is -0.410. The average Bonchev–Trinajstić information content (AvgIpc) is 2.63. The molecule has 0 aliphatic carbocycles. The van der Waals surface area contributed by atoms with Crippen molar-refractivity contribution >= 4 is 11.3 Å². The molecule has 0 aliphatic rings. The molecule has 0 spiro atoms. The minimum Gasteiger partial charge on any atom is -0.327 e. The minimum absolute atomic E-state index is 0.279. The zero-order valence-corrected chi connectivity index (χ0v) is 11.5. The van der Waals surface area contributed by atoms with Crippen LogP contribution in [0.1, 0.15) is 50.2 Å². The van der Waals surface area contributed by atoms with Crippen LogP contribution in [0.4, 0.5) is 0 Å². The lowest BCUT2D eigenvalue weighted by Crippen LogP contribution is -2.32. The molecule has 3 heteroatoms. The molecule has 1 unspecified atom stereocenters. The molecule has 0 aromatic carbocycles. The van der Waals surface area contributed by atoms with Crippen molar-refractivity contribution in [2.45, 2.75) is 58.9 Å². The van der Waals surface area contributed by atoms with Crippen LogP contribution in [0.3, 0.4) is 0 Å². The monoisotopic (exact) mass is 240 g/mol. The summed E-state index contributed by atoms with van der Waals surface area (Å²) >= 11 is 1.72. The van der Waals surface area contributed by atoms with Gasteiger partial charge in [0, 0.05) is 17.8 Å². The molecule has 0 aliphatic heterocycles. The second kappa shape index (κ2) is 7.02. The second-order valence-electron chi connectivity index (χ2n) is 4.56. The summed E-state index contributed by atoms with van der Waals surface area (Å²) in [6.45, 7) is 6.53. The lowest BCUT2D eigenvalue weighted by Gasteiger charge is -2.22. The number of hydrogen-bond acceptors (Lipinski definition) is 3. The summed E-state index contributed by atoms with van der Waals surface area (Å²) in [7, 11) is 0. The first-order chi connectivity index (χ1) is 7.67. The Kier molecular flexibility index (Phi) is 5.99. The summed E-state index contributed by atoms with van der Waals surface area (Å²) in [5, 5.41) is 3.29. The van der Waals surface area contributed by atoms with E-state index in [-0.39, 0.29) is 6.04 Å². The van der Waals surface area contributed by atoms with Gasteiger partial charge in [0.2, 0.25) is 0 Å². The maximum absolute atomic E-state index is 6.30. The van der Waals surface area contributed by atoms with Crippen molar-refractivity contribution in [3.05, 3.63) is 16.1 Å². The topological polar surface area (TPSA) is 38.9 Å². The van der Waals surface area contributed by atoms with Crippen LogP contribution in [-0.2, 0) is 6.42 Å². The van der Waals surface area contributed by atoms with E-state index < -0.39 is 0 Å². The lowest BCUT2D eigenvalue weighted by atomic mass is 9.88. The van der Waals surface area contributed by atoms with E-state index in [2.05, 4.69) is 31.1 Å². The molecule has 1 heterocycles. The van der Waals surface area contributed by atoms with E-state index in [4.69, 9.17) is 5.73 Å². The summed E-state index contributed by atoms with van der Waals surface area (Å²) in [6.07, 6.45) is 5.90. The first kappa shape index (κ1) is 13.7. The fourth-order valence-corrected chi connectivity index (χ4v) is 2.85. The molecule has 92 valence electrons.